The molecule has 0 aliphatic carbocycles. The normalized spacial score (nSPS) is 11.1. The van der Waals surface area contributed by atoms with Crippen LogP contribution in [0.3, 0.4) is 0 Å². The minimum atomic E-state index is -0.122. The van der Waals surface area contributed by atoms with Crippen LogP contribution in [0, 0.1) is 0 Å². The average molecular weight is 448 g/mol. The van der Waals surface area contributed by atoms with Crippen LogP contribution in [0.25, 0.3) is 20.7 Å². The van der Waals surface area contributed by atoms with Crippen LogP contribution < -0.4 is 15.5 Å². The fourth-order valence-corrected chi connectivity index (χ4v) is 4.24. The van der Waals surface area contributed by atoms with Crippen molar-refractivity contribution in [3.05, 3.63) is 60.4 Å². The van der Waals surface area contributed by atoms with Crippen LogP contribution in [0.2, 0.25) is 0 Å². The molecule has 3 N–H and O–H groups in total. The van der Waals surface area contributed by atoms with E-state index in [1.165, 1.54) is 24.6 Å². The zero-order chi connectivity index (χ0) is 22.5. The highest BCUT2D eigenvalue weighted by atomic mass is 32.1. The number of amides is 1. The number of benzene rings is 2. The number of nitrogens with zero attached hydrogens (tertiary/aromatic N) is 3. The van der Waals surface area contributed by atoms with Gasteiger partial charge in [-0.25, -0.2) is 9.97 Å². The molecule has 0 fully saturated rings. The van der Waals surface area contributed by atoms with Gasteiger partial charge in [-0.15, -0.1) is 11.3 Å². The summed E-state index contributed by atoms with van der Waals surface area (Å²) in [5.74, 6) is 1.14. The van der Waals surface area contributed by atoms with Crippen LogP contribution in [-0.2, 0) is 4.79 Å². The SMILES string of the molecule is CCOc1ccccc1-c1sc2c(NN=Cc3ccc(NC(C)=O)cc3)ncnc2c1O. The number of hydrogen-bond acceptors (Lipinski definition) is 8. The van der Waals surface area contributed by atoms with E-state index >= 15 is 0 Å². The molecule has 2 aromatic heterocycles. The standard InChI is InChI=1S/C23H21N5O3S/c1-3-31-18-7-5-4-6-17(18)21-20(30)19-22(32-21)23(25-13-24-19)28-26-12-15-8-10-16(11-9-15)27-14(2)29/h4-13,30H,3H2,1-2H3,(H,27,29)(H,24,25,28). The van der Waals surface area contributed by atoms with Gasteiger partial charge in [0.2, 0.25) is 5.91 Å². The van der Waals surface area contributed by atoms with Gasteiger partial charge in [-0.2, -0.15) is 5.10 Å². The molecule has 0 unspecified atom stereocenters. The van der Waals surface area contributed by atoms with Crippen LogP contribution in [0.1, 0.15) is 19.4 Å². The number of para-hydroxylation sites is 1. The predicted octanol–water partition coefficient (Wildman–Crippen LogP) is 4.87. The number of hydrogen-bond donors (Lipinski definition) is 3. The van der Waals surface area contributed by atoms with Crippen molar-refractivity contribution in [2.45, 2.75) is 13.8 Å². The molecule has 2 heterocycles. The first-order valence-electron chi connectivity index (χ1n) is 9.92. The Bertz CT molecular complexity index is 1280. The smallest absolute Gasteiger partial charge is 0.221 e. The highest BCUT2D eigenvalue weighted by Crippen LogP contribution is 2.47. The van der Waals surface area contributed by atoms with Gasteiger partial charge in [-0.1, -0.05) is 24.3 Å². The van der Waals surface area contributed by atoms with Crippen molar-refractivity contribution in [3.8, 4) is 21.9 Å². The molecule has 9 heteroatoms. The van der Waals surface area contributed by atoms with E-state index in [1.54, 1.807) is 18.3 Å². The molecular weight excluding hydrogens is 426 g/mol. The Morgan fingerprint density at radius 3 is 2.72 bits per heavy atom. The molecule has 0 atom stereocenters. The van der Waals surface area contributed by atoms with Crippen molar-refractivity contribution in [2.75, 3.05) is 17.3 Å². The number of ether oxygens (including phenoxy) is 1. The van der Waals surface area contributed by atoms with Gasteiger partial charge in [0.25, 0.3) is 0 Å². The number of nitrogens with one attached hydrogen (secondary N) is 2. The Balaban J connectivity index is 1.60. The van der Waals surface area contributed by atoms with Crippen molar-refractivity contribution >= 4 is 45.2 Å². The van der Waals surface area contributed by atoms with Gasteiger partial charge in [0.1, 0.15) is 22.3 Å². The van der Waals surface area contributed by atoms with Crippen molar-refractivity contribution < 1.29 is 14.6 Å². The lowest BCUT2D eigenvalue weighted by molar-refractivity contribution is -0.114. The van der Waals surface area contributed by atoms with Gasteiger partial charge in [-0.05, 0) is 36.8 Å². The van der Waals surface area contributed by atoms with E-state index in [-0.39, 0.29) is 11.7 Å². The molecule has 1 amide bonds. The van der Waals surface area contributed by atoms with E-state index in [9.17, 15) is 9.90 Å². The molecule has 0 saturated carbocycles. The summed E-state index contributed by atoms with van der Waals surface area (Å²) in [6.45, 7) is 3.90. The molecule has 4 aromatic rings. The number of hydrazone groups is 1. The maximum Gasteiger partial charge on any atom is 0.221 e. The zero-order valence-electron chi connectivity index (χ0n) is 17.5. The largest absolute Gasteiger partial charge is 0.504 e. The van der Waals surface area contributed by atoms with E-state index in [2.05, 4.69) is 25.8 Å². The number of aromatic nitrogens is 2. The molecular formula is C23H21N5O3S. The number of aromatic hydroxyl groups is 1. The first-order chi connectivity index (χ1) is 15.6. The molecule has 0 bridgehead atoms. The monoisotopic (exact) mass is 447 g/mol. The lowest BCUT2D eigenvalue weighted by atomic mass is 10.1. The highest BCUT2D eigenvalue weighted by Gasteiger charge is 2.19. The Morgan fingerprint density at radius 2 is 1.97 bits per heavy atom. The summed E-state index contributed by atoms with van der Waals surface area (Å²) in [6.07, 6.45) is 3.03. The third-order valence-corrected chi connectivity index (χ3v) is 5.70. The van der Waals surface area contributed by atoms with E-state index in [1.807, 2.05) is 43.3 Å². The minimum absolute atomic E-state index is 0.0835. The molecule has 8 nitrogen and oxygen atoms in total. The molecule has 2 aromatic carbocycles. The number of carbonyl (C=O) groups excluding carboxylic acids is 1. The van der Waals surface area contributed by atoms with Crippen LogP contribution in [0.4, 0.5) is 11.5 Å². The Morgan fingerprint density at radius 1 is 1.19 bits per heavy atom. The molecule has 0 aliphatic heterocycles. The van der Waals surface area contributed by atoms with Crippen LogP contribution in [0.5, 0.6) is 11.5 Å². The van der Waals surface area contributed by atoms with E-state index in [0.29, 0.717) is 39.0 Å². The molecule has 4 rings (SSSR count). The summed E-state index contributed by atoms with van der Waals surface area (Å²) in [4.78, 5) is 20.3. The quantitative estimate of drug-likeness (QED) is 0.276. The summed E-state index contributed by atoms with van der Waals surface area (Å²) < 4.78 is 6.40. The fraction of sp³-hybridized carbons (Fsp3) is 0.130. The van der Waals surface area contributed by atoms with Crippen molar-refractivity contribution in [1.82, 2.24) is 9.97 Å². The van der Waals surface area contributed by atoms with Crippen molar-refractivity contribution in [1.29, 1.82) is 0 Å². The first-order valence-corrected chi connectivity index (χ1v) is 10.7. The van der Waals surface area contributed by atoms with E-state index in [4.69, 9.17) is 4.74 Å². The molecule has 32 heavy (non-hydrogen) atoms. The number of carbonyl (C=O) groups is 1. The second-order valence-corrected chi connectivity index (χ2v) is 7.80. The second-order valence-electron chi connectivity index (χ2n) is 6.78. The average Bonchev–Trinajstić information content (AvgIpc) is 3.12. The third kappa shape index (κ3) is 4.52. The number of fused-ring (bicyclic) bond motifs is 1. The van der Waals surface area contributed by atoms with Crippen molar-refractivity contribution in [3.63, 3.8) is 0 Å². The van der Waals surface area contributed by atoms with Crippen LogP contribution >= 0.6 is 11.3 Å². The number of thiophene rings is 1. The van der Waals surface area contributed by atoms with Gasteiger partial charge in [0.15, 0.2) is 11.6 Å². The van der Waals surface area contributed by atoms with Gasteiger partial charge in [0, 0.05) is 18.2 Å². The second kappa shape index (κ2) is 9.44. The predicted molar refractivity (Wildman–Crippen MR) is 128 cm³/mol. The maximum atomic E-state index is 11.1. The minimum Gasteiger partial charge on any atom is -0.504 e. The zero-order valence-corrected chi connectivity index (χ0v) is 18.3. The van der Waals surface area contributed by atoms with Gasteiger partial charge >= 0.3 is 0 Å². The lowest BCUT2D eigenvalue weighted by Gasteiger charge is -2.08. The van der Waals surface area contributed by atoms with Crippen molar-refractivity contribution in [2.24, 2.45) is 5.10 Å². The summed E-state index contributed by atoms with van der Waals surface area (Å²) >= 11 is 1.37. The number of anilines is 2. The molecule has 0 radical (unpaired) electrons. The Hall–Kier alpha value is -3.98. The van der Waals surface area contributed by atoms with Gasteiger partial charge in [-0.3, -0.25) is 10.2 Å². The van der Waals surface area contributed by atoms with E-state index in [0.717, 1.165) is 11.1 Å². The summed E-state index contributed by atoms with van der Waals surface area (Å²) in [6, 6.07) is 14.8. The summed E-state index contributed by atoms with van der Waals surface area (Å²) in [7, 11) is 0. The summed E-state index contributed by atoms with van der Waals surface area (Å²) in [5.41, 5.74) is 5.74. The maximum absolute atomic E-state index is 11.1. The fourth-order valence-electron chi connectivity index (χ4n) is 3.12. The Kier molecular flexibility index (Phi) is 6.27. The molecule has 0 saturated heterocycles. The van der Waals surface area contributed by atoms with Gasteiger partial charge in [0.05, 0.1) is 17.7 Å². The van der Waals surface area contributed by atoms with Gasteiger partial charge < -0.3 is 15.2 Å². The Labute approximate surface area is 188 Å². The topological polar surface area (TPSA) is 109 Å². The third-order valence-electron chi connectivity index (χ3n) is 4.49. The first kappa shape index (κ1) is 21.3. The van der Waals surface area contributed by atoms with Crippen LogP contribution in [0.15, 0.2) is 60.0 Å². The molecule has 162 valence electrons. The highest BCUT2D eigenvalue weighted by molar-refractivity contribution is 7.23. The molecule has 0 aliphatic rings. The lowest BCUT2D eigenvalue weighted by Crippen LogP contribution is -2.05. The van der Waals surface area contributed by atoms with E-state index < -0.39 is 0 Å². The van der Waals surface area contributed by atoms with Crippen LogP contribution in [-0.4, -0.2) is 33.8 Å². The summed E-state index contributed by atoms with van der Waals surface area (Å²) in [5, 5.41) is 17.8. The number of rotatable bonds is 7. The molecule has 0 spiro atoms.